The maximum absolute atomic E-state index is 13.7. The third-order valence-electron chi connectivity index (χ3n) is 5.54. The Bertz CT molecular complexity index is 1390. The van der Waals surface area contributed by atoms with Gasteiger partial charge in [-0.05, 0) is 37.3 Å². The molecule has 0 fully saturated rings. The van der Waals surface area contributed by atoms with Gasteiger partial charge in [0.2, 0.25) is 10.0 Å². The normalized spacial score (nSPS) is 12.6. The Balaban J connectivity index is 1.69. The van der Waals surface area contributed by atoms with Gasteiger partial charge in [0.05, 0.1) is 32.7 Å². The van der Waals surface area contributed by atoms with Crippen LogP contribution in [0.1, 0.15) is 33.1 Å². The van der Waals surface area contributed by atoms with E-state index in [9.17, 15) is 17.2 Å². The average molecular weight is 494 g/mol. The summed E-state index contributed by atoms with van der Waals surface area (Å²) in [5.74, 6) is 0.461. The van der Waals surface area contributed by atoms with Crippen LogP contribution in [0.2, 0.25) is 0 Å². The van der Waals surface area contributed by atoms with Crippen LogP contribution < -0.4 is 0 Å². The van der Waals surface area contributed by atoms with E-state index >= 15 is 0 Å². The van der Waals surface area contributed by atoms with Crippen LogP contribution in [0.5, 0.6) is 0 Å². The molecular formula is C22H25F2N5O2S2. The van der Waals surface area contributed by atoms with Crippen molar-refractivity contribution in [3.05, 3.63) is 48.3 Å². The molecule has 0 N–H and O–H groups in total. The smallest absolute Gasteiger partial charge is 0.319 e. The second-order valence-electron chi connectivity index (χ2n) is 7.33. The lowest BCUT2D eigenvalue weighted by Crippen LogP contribution is -2.30. The Morgan fingerprint density at radius 1 is 1.00 bits per heavy atom. The van der Waals surface area contributed by atoms with Crippen molar-refractivity contribution in [1.82, 2.24) is 23.4 Å². The minimum atomic E-state index is -3.61. The van der Waals surface area contributed by atoms with Crippen LogP contribution in [0.15, 0.2) is 52.5 Å². The number of aryl methyl sites for hydroxylation is 1. The van der Waals surface area contributed by atoms with Gasteiger partial charge < -0.3 is 4.57 Å². The first kappa shape index (κ1) is 23.7. The highest BCUT2D eigenvalue weighted by molar-refractivity contribution is 7.98. The van der Waals surface area contributed by atoms with Crippen LogP contribution in [-0.4, -0.2) is 44.9 Å². The van der Waals surface area contributed by atoms with Gasteiger partial charge in [0.25, 0.3) is 0 Å². The average Bonchev–Trinajstić information content (AvgIpc) is 3.35. The number of benzene rings is 2. The van der Waals surface area contributed by atoms with E-state index in [1.807, 2.05) is 11.5 Å². The summed E-state index contributed by atoms with van der Waals surface area (Å²) in [6.07, 6.45) is 0. The zero-order valence-electron chi connectivity index (χ0n) is 18.6. The van der Waals surface area contributed by atoms with Crippen molar-refractivity contribution in [2.45, 2.75) is 49.7 Å². The van der Waals surface area contributed by atoms with Crippen LogP contribution in [-0.2, 0) is 22.3 Å². The highest BCUT2D eigenvalue weighted by Gasteiger charge is 2.23. The van der Waals surface area contributed by atoms with E-state index in [4.69, 9.17) is 0 Å². The second-order valence-corrected chi connectivity index (χ2v) is 10.2. The molecule has 0 aliphatic carbocycles. The number of imidazole rings is 2. The molecule has 0 radical (unpaired) electrons. The molecule has 0 amide bonds. The van der Waals surface area contributed by atoms with E-state index in [1.54, 1.807) is 56.3 Å². The fourth-order valence-corrected chi connectivity index (χ4v) is 6.41. The van der Waals surface area contributed by atoms with Crippen molar-refractivity contribution in [2.24, 2.45) is 0 Å². The zero-order chi connectivity index (χ0) is 23.8. The van der Waals surface area contributed by atoms with Gasteiger partial charge in [0.15, 0.2) is 5.16 Å². The Hall–Kier alpha value is -2.50. The summed E-state index contributed by atoms with van der Waals surface area (Å²) < 4.78 is 57.6. The van der Waals surface area contributed by atoms with Crippen molar-refractivity contribution in [3.63, 3.8) is 0 Å². The number of alkyl halides is 2. The third kappa shape index (κ3) is 4.24. The van der Waals surface area contributed by atoms with Crippen molar-refractivity contribution >= 4 is 43.9 Å². The highest BCUT2D eigenvalue weighted by atomic mass is 32.2. The standard InChI is InChI=1S/C22H25F2N5O2S2/c1-4-27(5-2)33(30,31)15-11-12-18-17(13-15)26-22(28(18)6-3)32-14-20-25-16-9-7-8-10-19(16)29(20)21(23)24/h7-13,21H,4-6,14H2,1-3H3. The van der Waals surface area contributed by atoms with Crippen LogP contribution in [0.4, 0.5) is 8.78 Å². The Kier molecular flexibility index (Phi) is 6.73. The van der Waals surface area contributed by atoms with Gasteiger partial charge in [-0.1, -0.05) is 37.7 Å². The van der Waals surface area contributed by atoms with Crippen LogP contribution in [0.25, 0.3) is 22.1 Å². The first-order chi connectivity index (χ1) is 15.8. The zero-order valence-corrected chi connectivity index (χ0v) is 20.2. The van der Waals surface area contributed by atoms with E-state index in [2.05, 4.69) is 9.97 Å². The van der Waals surface area contributed by atoms with Crippen LogP contribution in [0.3, 0.4) is 0 Å². The van der Waals surface area contributed by atoms with Gasteiger partial charge in [-0.25, -0.2) is 18.4 Å². The SMILES string of the molecule is CCN(CC)S(=O)(=O)c1ccc2c(c1)nc(SCc1nc3ccccc3n1C(F)F)n2CC. The quantitative estimate of drug-likeness (QED) is 0.303. The predicted molar refractivity (Wildman–Crippen MR) is 126 cm³/mol. The number of sulfonamides is 1. The first-order valence-electron chi connectivity index (χ1n) is 10.7. The molecule has 11 heteroatoms. The first-order valence-corrected chi connectivity index (χ1v) is 13.1. The topological polar surface area (TPSA) is 73.0 Å². The molecule has 0 spiro atoms. The molecule has 0 saturated carbocycles. The maximum Gasteiger partial charge on any atom is 0.320 e. The van der Waals surface area contributed by atoms with Gasteiger partial charge >= 0.3 is 6.55 Å². The van der Waals surface area contributed by atoms with E-state index in [0.717, 1.165) is 10.1 Å². The Morgan fingerprint density at radius 3 is 2.39 bits per heavy atom. The minimum Gasteiger partial charge on any atom is -0.319 e. The van der Waals surface area contributed by atoms with Crippen molar-refractivity contribution in [2.75, 3.05) is 13.1 Å². The molecule has 4 rings (SSSR count). The van der Waals surface area contributed by atoms with E-state index in [0.29, 0.717) is 41.3 Å². The summed E-state index contributed by atoms with van der Waals surface area (Å²) in [7, 11) is -3.61. The maximum atomic E-state index is 13.7. The lowest BCUT2D eigenvalue weighted by Gasteiger charge is -2.18. The number of aromatic nitrogens is 4. The molecule has 0 unspecified atom stereocenters. The van der Waals surface area contributed by atoms with E-state index in [1.165, 1.54) is 16.1 Å². The summed E-state index contributed by atoms with van der Waals surface area (Å²) in [6, 6.07) is 11.7. The van der Waals surface area contributed by atoms with Gasteiger partial charge in [-0.2, -0.15) is 13.1 Å². The molecule has 33 heavy (non-hydrogen) atoms. The third-order valence-corrected chi connectivity index (χ3v) is 8.56. The highest BCUT2D eigenvalue weighted by Crippen LogP contribution is 2.31. The van der Waals surface area contributed by atoms with Crippen molar-refractivity contribution in [1.29, 1.82) is 0 Å². The fourth-order valence-electron chi connectivity index (χ4n) is 3.92. The molecular weight excluding hydrogens is 468 g/mol. The van der Waals surface area contributed by atoms with Gasteiger partial charge in [-0.3, -0.25) is 4.57 Å². The van der Waals surface area contributed by atoms with Crippen LogP contribution in [0, 0.1) is 0 Å². The second kappa shape index (κ2) is 9.40. The number of fused-ring (bicyclic) bond motifs is 2. The monoisotopic (exact) mass is 493 g/mol. The van der Waals surface area contributed by atoms with Gasteiger partial charge in [0, 0.05) is 19.6 Å². The molecule has 0 aliphatic heterocycles. The van der Waals surface area contributed by atoms with Gasteiger partial charge in [0.1, 0.15) is 5.82 Å². The lowest BCUT2D eigenvalue weighted by atomic mass is 10.3. The van der Waals surface area contributed by atoms with Crippen molar-refractivity contribution in [3.8, 4) is 0 Å². The van der Waals surface area contributed by atoms with E-state index in [-0.39, 0.29) is 16.5 Å². The summed E-state index contributed by atoms with van der Waals surface area (Å²) >= 11 is 1.30. The summed E-state index contributed by atoms with van der Waals surface area (Å²) in [4.78, 5) is 9.20. The Morgan fingerprint density at radius 2 is 1.73 bits per heavy atom. The molecule has 2 aromatic heterocycles. The molecule has 176 valence electrons. The number of rotatable bonds is 9. The van der Waals surface area contributed by atoms with E-state index < -0.39 is 16.6 Å². The molecule has 7 nitrogen and oxygen atoms in total. The molecule has 0 atom stereocenters. The summed E-state index contributed by atoms with van der Waals surface area (Å²) in [5.41, 5.74) is 2.25. The molecule has 0 aliphatic rings. The predicted octanol–water partition coefficient (Wildman–Crippen LogP) is 5.12. The summed E-state index contributed by atoms with van der Waals surface area (Å²) in [5, 5.41) is 0.623. The number of thioether (sulfide) groups is 1. The molecule has 0 bridgehead atoms. The lowest BCUT2D eigenvalue weighted by molar-refractivity contribution is 0.0722. The summed E-state index contributed by atoms with van der Waals surface area (Å²) in [6.45, 7) is 4.22. The number of halogens is 2. The number of nitrogens with zero attached hydrogens (tertiary/aromatic N) is 5. The largest absolute Gasteiger partial charge is 0.320 e. The van der Waals surface area contributed by atoms with Crippen LogP contribution >= 0.6 is 11.8 Å². The Labute approximate surface area is 195 Å². The minimum absolute atomic E-state index is 0.190. The molecule has 2 heterocycles. The van der Waals surface area contributed by atoms with Crippen molar-refractivity contribution < 1.29 is 17.2 Å². The number of para-hydroxylation sites is 2. The number of hydrogen-bond acceptors (Lipinski definition) is 5. The molecule has 0 saturated heterocycles. The molecule has 4 aromatic rings. The van der Waals surface area contributed by atoms with Gasteiger partial charge in [-0.15, -0.1) is 0 Å². The fraction of sp³-hybridized carbons (Fsp3) is 0.364. The number of hydrogen-bond donors (Lipinski definition) is 0. The molecule has 2 aromatic carbocycles.